The Hall–Kier alpha value is -3.72. The van der Waals surface area contributed by atoms with Crippen LogP contribution in [-0.4, -0.2) is 10.9 Å². The molecule has 3 heteroatoms. The fourth-order valence-corrected chi connectivity index (χ4v) is 4.10. The Bertz CT molecular complexity index is 1200. The summed E-state index contributed by atoms with van der Waals surface area (Å²) in [6, 6.07) is 30.8. The molecular weight excluding hydrogens is 404 g/mol. The molecule has 166 valence electrons. The number of pyridine rings is 1. The summed E-state index contributed by atoms with van der Waals surface area (Å²) < 4.78 is 0. The number of hydrogen-bond acceptors (Lipinski definition) is 2. The first kappa shape index (κ1) is 22.5. The van der Waals surface area contributed by atoms with E-state index in [4.69, 9.17) is 0 Å². The minimum Gasteiger partial charge on any atom is -0.326 e. The molecule has 0 fully saturated rings. The molecule has 4 aromatic rings. The fourth-order valence-electron chi connectivity index (χ4n) is 4.10. The van der Waals surface area contributed by atoms with Crippen LogP contribution >= 0.6 is 0 Å². The Morgan fingerprint density at radius 2 is 1.39 bits per heavy atom. The third kappa shape index (κ3) is 5.75. The monoisotopic (exact) mass is 434 g/mol. The lowest BCUT2D eigenvalue weighted by Crippen LogP contribution is -2.22. The van der Waals surface area contributed by atoms with Crippen molar-refractivity contribution >= 4 is 11.6 Å². The predicted octanol–water partition coefficient (Wildman–Crippen LogP) is 7.49. The predicted molar refractivity (Wildman–Crippen MR) is 137 cm³/mol. The van der Waals surface area contributed by atoms with Crippen molar-refractivity contribution in [3.63, 3.8) is 0 Å². The molecule has 1 amide bonds. The molecule has 33 heavy (non-hydrogen) atoms. The number of nitrogens with zero attached hydrogens (tertiary/aromatic N) is 1. The summed E-state index contributed by atoms with van der Waals surface area (Å²) in [5.74, 6) is 0.243. The summed E-state index contributed by atoms with van der Waals surface area (Å²) in [5.41, 5.74) is 7.40. The first-order valence-corrected chi connectivity index (χ1v) is 11.5. The molecule has 0 aliphatic heterocycles. The van der Waals surface area contributed by atoms with Gasteiger partial charge in [0.05, 0.1) is 5.92 Å². The Kier molecular flexibility index (Phi) is 6.99. The highest BCUT2D eigenvalue weighted by atomic mass is 16.1. The first-order chi connectivity index (χ1) is 16.0. The van der Waals surface area contributed by atoms with Crippen molar-refractivity contribution in [3.8, 4) is 22.3 Å². The van der Waals surface area contributed by atoms with Crippen molar-refractivity contribution in [2.45, 2.75) is 33.1 Å². The van der Waals surface area contributed by atoms with Crippen molar-refractivity contribution in [1.82, 2.24) is 4.98 Å². The van der Waals surface area contributed by atoms with E-state index >= 15 is 0 Å². The molecule has 1 N–H and O–H groups in total. The number of carbonyl (C=O) groups excluding carboxylic acids is 1. The van der Waals surface area contributed by atoms with Crippen LogP contribution < -0.4 is 5.32 Å². The van der Waals surface area contributed by atoms with E-state index in [9.17, 15) is 4.79 Å². The second-order valence-electron chi connectivity index (χ2n) is 8.92. The maximum atomic E-state index is 13.3. The fraction of sp³-hybridized carbons (Fsp3) is 0.200. The van der Waals surface area contributed by atoms with Gasteiger partial charge in [-0.25, -0.2) is 0 Å². The van der Waals surface area contributed by atoms with E-state index in [0.29, 0.717) is 5.92 Å². The second-order valence-corrected chi connectivity index (χ2v) is 8.92. The van der Waals surface area contributed by atoms with Crippen LogP contribution in [-0.2, 0) is 4.79 Å². The van der Waals surface area contributed by atoms with E-state index in [0.717, 1.165) is 40.1 Å². The van der Waals surface area contributed by atoms with Gasteiger partial charge in [0.15, 0.2) is 0 Å². The number of aromatic nitrogens is 1. The van der Waals surface area contributed by atoms with E-state index in [2.05, 4.69) is 66.6 Å². The van der Waals surface area contributed by atoms with E-state index in [1.54, 1.807) is 0 Å². The third-order valence-electron chi connectivity index (χ3n) is 5.83. The van der Waals surface area contributed by atoms with Crippen LogP contribution in [0.3, 0.4) is 0 Å². The number of benzene rings is 3. The molecule has 1 heterocycles. The molecule has 0 saturated carbocycles. The number of carbonyl (C=O) groups is 1. The summed E-state index contributed by atoms with van der Waals surface area (Å²) >= 11 is 0. The molecule has 0 radical (unpaired) electrons. The Labute approximate surface area is 196 Å². The highest BCUT2D eigenvalue weighted by Gasteiger charge is 2.22. The minimum atomic E-state index is -0.197. The molecule has 1 unspecified atom stereocenters. The van der Waals surface area contributed by atoms with E-state index in [-0.39, 0.29) is 11.8 Å². The van der Waals surface area contributed by atoms with Crippen molar-refractivity contribution in [2.24, 2.45) is 5.92 Å². The molecular formula is C30H30N2O. The smallest absolute Gasteiger partial charge is 0.231 e. The van der Waals surface area contributed by atoms with Gasteiger partial charge in [0.2, 0.25) is 5.91 Å². The van der Waals surface area contributed by atoms with Gasteiger partial charge in [-0.05, 0) is 71.3 Å². The standard InChI is InChI=1S/C30H30N2O/c1-21(2)19-29(26-11-9-24(10-12-26)23-7-5-4-6-8-23)30(33)32-28-15-13-25(14-16-28)27-17-18-31-22(3)20-27/h4-18,20-21,29H,19H2,1-3H3,(H,32,33). The van der Waals surface area contributed by atoms with Crippen LogP contribution in [0.25, 0.3) is 22.3 Å². The van der Waals surface area contributed by atoms with Gasteiger partial charge in [0.25, 0.3) is 0 Å². The highest BCUT2D eigenvalue weighted by molar-refractivity contribution is 5.96. The quantitative estimate of drug-likeness (QED) is 0.327. The molecule has 1 aromatic heterocycles. The second kappa shape index (κ2) is 10.3. The topological polar surface area (TPSA) is 42.0 Å². The third-order valence-corrected chi connectivity index (χ3v) is 5.83. The van der Waals surface area contributed by atoms with Gasteiger partial charge in [0, 0.05) is 17.6 Å². The number of nitrogens with one attached hydrogen (secondary N) is 1. The molecule has 0 spiro atoms. The average Bonchev–Trinajstić information content (AvgIpc) is 2.83. The average molecular weight is 435 g/mol. The van der Waals surface area contributed by atoms with Gasteiger partial charge in [-0.2, -0.15) is 0 Å². The molecule has 1 atom stereocenters. The van der Waals surface area contributed by atoms with Gasteiger partial charge in [-0.3, -0.25) is 9.78 Å². The zero-order valence-electron chi connectivity index (χ0n) is 19.5. The van der Waals surface area contributed by atoms with Crippen LogP contribution in [0.1, 0.15) is 37.4 Å². The largest absolute Gasteiger partial charge is 0.326 e. The van der Waals surface area contributed by atoms with Gasteiger partial charge in [-0.15, -0.1) is 0 Å². The lowest BCUT2D eigenvalue weighted by molar-refractivity contribution is -0.117. The van der Waals surface area contributed by atoms with Gasteiger partial charge >= 0.3 is 0 Å². The number of amides is 1. The summed E-state index contributed by atoms with van der Waals surface area (Å²) in [6.45, 7) is 6.30. The number of rotatable bonds is 7. The summed E-state index contributed by atoms with van der Waals surface area (Å²) in [7, 11) is 0. The number of aryl methyl sites for hydroxylation is 1. The first-order valence-electron chi connectivity index (χ1n) is 11.5. The molecule has 0 aliphatic rings. The van der Waals surface area contributed by atoms with E-state index < -0.39 is 0 Å². The van der Waals surface area contributed by atoms with Crippen molar-refractivity contribution in [2.75, 3.05) is 5.32 Å². The highest BCUT2D eigenvalue weighted by Crippen LogP contribution is 2.29. The Balaban J connectivity index is 1.51. The molecule has 0 bridgehead atoms. The van der Waals surface area contributed by atoms with Gasteiger partial charge < -0.3 is 5.32 Å². The normalized spacial score (nSPS) is 11.9. The number of anilines is 1. The van der Waals surface area contributed by atoms with Crippen LogP contribution in [0.5, 0.6) is 0 Å². The molecule has 3 nitrogen and oxygen atoms in total. The zero-order chi connectivity index (χ0) is 23.2. The minimum absolute atomic E-state index is 0.0312. The summed E-state index contributed by atoms with van der Waals surface area (Å²) in [5, 5.41) is 3.13. The van der Waals surface area contributed by atoms with Crippen LogP contribution in [0.15, 0.2) is 97.2 Å². The van der Waals surface area contributed by atoms with Crippen molar-refractivity contribution in [1.29, 1.82) is 0 Å². The van der Waals surface area contributed by atoms with Gasteiger partial charge in [0.1, 0.15) is 0 Å². The zero-order valence-corrected chi connectivity index (χ0v) is 19.5. The Morgan fingerprint density at radius 3 is 2.03 bits per heavy atom. The molecule has 0 aliphatic carbocycles. The molecule has 4 rings (SSSR count). The lowest BCUT2D eigenvalue weighted by Gasteiger charge is -2.20. The van der Waals surface area contributed by atoms with Crippen LogP contribution in [0.2, 0.25) is 0 Å². The SMILES string of the molecule is Cc1cc(-c2ccc(NC(=O)C(CC(C)C)c3ccc(-c4ccccc4)cc3)cc2)ccn1. The molecule has 3 aromatic carbocycles. The maximum absolute atomic E-state index is 13.3. The van der Waals surface area contributed by atoms with Crippen molar-refractivity contribution < 1.29 is 4.79 Å². The van der Waals surface area contributed by atoms with Crippen LogP contribution in [0, 0.1) is 12.8 Å². The summed E-state index contributed by atoms with van der Waals surface area (Å²) in [6.07, 6.45) is 2.62. The van der Waals surface area contributed by atoms with Crippen molar-refractivity contribution in [3.05, 3.63) is 108 Å². The lowest BCUT2D eigenvalue weighted by atomic mass is 9.88. The summed E-state index contributed by atoms with van der Waals surface area (Å²) in [4.78, 5) is 17.5. The number of hydrogen-bond donors (Lipinski definition) is 1. The van der Waals surface area contributed by atoms with Gasteiger partial charge in [-0.1, -0.05) is 80.6 Å². The maximum Gasteiger partial charge on any atom is 0.231 e. The molecule has 0 saturated heterocycles. The van der Waals surface area contributed by atoms with E-state index in [1.165, 1.54) is 5.56 Å². The Morgan fingerprint density at radius 1 is 0.788 bits per heavy atom. The van der Waals surface area contributed by atoms with Crippen LogP contribution in [0.4, 0.5) is 5.69 Å². The van der Waals surface area contributed by atoms with E-state index in [1.807, 2.05) is 61.7 Å².